The van der Waals surface area contributed by atoms with Crippen molar-refractivity contribution < 1.29 is 4.79 Å². The van der Waals surface area contributed by atoms with Crippen molar-refractivity contribution in [2.24, 2.45) is 5.73 Å². The molecule has 0 radical (unpaired) electrons. The van der Waals surface area contributed by atoms with Gasteiger partial charge < -0.3 is 11.1 Å². The molecule has 1 aliphatic heterocycles. The predicted octanol–water partition coefficient (Wildman–Crippen LogP) is -0.591. The summed E-state index contributed by atoms with van der Waals surface area (Å²) in [5.74, 6) is 0.204. The van der Waals surface area contributed by atoms with Gasteiger partial charge in [-0.15, -0.1) is 0 Å². The Labute approximate surface area is 60.0 Å². The number of nitrogens with two attached hydrogens (primary N) is 1. The van der Waals surface area contributed by atoms with Crippen molar-refractivity contribution in [3.8, 4) is 0 Å². The minimum absolute atomic E-state index is 0.204. The molecule has 0 aromatic rings. The lowest BCUT2D eigenvalue weighted by molar-refractivity contribution is -0.120. The number of nitrogens with one attached hydrogen (secondary N) is 1. The van der Waals surface area contributed by atoms with Gasteiger partial charge in [0.25, 0.3) is 0 Å². The normalized spacial score (nSPS) is 46.1. The second-order valence-electron chi connectivity index (χ2n) is 3.29. The second-order valence-corrected chi connectivity index (χ2v) is 3.29. The molecule has 1 saturated heterocycles. The lowest BCUT2D eigenvalue weighted by Crippen LogP contribution is -2.50. The minimum Gasteiger partial charge on any atom is -0.318 e. The zero-order valence-electron chi connectivity index (χ0n) is 5.89. The molecule has 2 unspecified atom stereocenters. The molecular formula is C7H12N2O. The van der Waals surface area contributed by atoms with Gasteiger partial charge in [0, 0.05) is 6.04 Å². The summed E-state index contributed by atoms with van der Waals surface area (Å²) < 4.78 is 0. The fourth-order valence-corrected chi connectivity index (χ4v) is 2.03. The number of carbonyl (C=O) groups is 1. The third-order valence-electron chi connectivity index (χ3n) is 2.73. The van der Waals surface area contributed by atoms with Crippen LogP contribution in [0, 0.1) is 0 Å². The molecule has 10 heavy (non-hydrogen) atoms. The van der Waals surface area contributed by atoms with Gasteiger partial charge >= 0.3 is 0 Å². The van der Waals surface area contributed by atoms with Crippen LogP contribution in [0.25, 0.3) is 0 Å². The summed E-state index contributed by atoms with van der Waals surface area (Å²) >= 11 is 0. The Balaban J connectivity index is 2.30. The molecule has 0 bridgehead atoms. The van der Waals surface area contributed by atoms with E-state index in [4.69, 9.17) is 5.73 Å². The zero-order chi connectivity index (χ0) is 7.19. The number of hydrogen-bond donors (Lipinski definition) is 2. The number of ketones is 1. The van der Waals surface area contributed by atoms with E-state index in [1.54, 1.807) is 0 Å². The molecule has 0 amide bonds. The summed E-state index contributed by atoms with van der Waals surface area (Å²) in [7, 11) is 0. The molecule has 3 nitrogen and oxygen atoms in total. The van der Waals surface area contributed by atoms with Gasteiger partial charge in [-0.05, 0) is 19.3 Å². The third kappa shape index (κ3) is 0.592. The maximum Gasteiger partial charge on any atom is 0.167 e. The van der Waals surface area contributed by atoms with Gasteiger partial charge in [0.1, 0.15) is 0 Å². The van der Waals surface area contributed by atoms with E-state index in [0.717, 1.165) is 19.3 Å². The van der Waals surface area contributed by atoms with Crippen molar-refractivity contribution >= 4 is 5.78 Å². The van der Waals surface area contributed by atoms with Crippen LogP contribution < -0.4 is 11.1 Å². The number of Topliss-reactive ketones (excluding diaryl/α,β-unsaturated/α-hetero) is 1. The van der Waals surface area contributed by atoms with Crippen molar-refractivity contribution in [3.63, 3.8) is 0 Å². The largest absolute Gasteiger partial charge is 0.318 e. The molecule has 2 rings (SSSR count). The Morgan fingerprint density at radius 2 is 2.50 bits per heavy atom. The van der Waals surface area contributed by atoms with E-state index in [0.29, 0.717) is 6.54 Å². The van der Waals surface area contributed by atoms with Gasteiger partial charge in [-0.2, -0.15) is 0 Å². The molecule has 3 N–H and O–H groups in total. The van der Waals surface area contributed by atoms with Crippen LogP contribution in [0.2, 0.25) is 0 Å². The van der Waals surface area contributed by atoms with E-state index >= 15 is 0 Å². The van der Waals surface area contributed by atoms with Crippen molar-refractivity contribution in [2.75, 3.05) is 6.54 Å². The summed E-state index contributed by atoms with van der Waals surface area (Å²) in [6, 6.07) is 0.278. The molecule has 2 atom stereocenters. The van der Waals surface area contributed by atoms with Gasteiger partial charge in [-0.25, -0.2) is 0 Å². The Morgan fingerprint density at radius 3 is 3.20 bits per heavy atom. The van der Waals surface area contributed by atoms with Gasteiger partial charge in [0.2, 0.25) is 0 Å². The van der Waals surface area contributed by atoms with Crippen LogP contribution in [0.15, 0.2) is 0 Å². The Kier molecular flexibility index (Phi) is 1.13. The number of rotatable bonds is 0. The fourth-order valence-electron chi connectivity index (χ4n) is 2.03. The molecular weight excluding hydrogens is 128 g/mol. The first-order valence-electron chi connectivity index (χ1n) is 3.79. The molecule has 1 aliphatic carbocycles. The molecule has 1 saturated carbocycles. The van der Waals surface area contributed by atoms with Gasteiger partial charge in [0.15, 0.2) is 5.78 Å². The quantitative estimate of drug-likeness (QED) is 0.473. The average molecular weight is 140 g/mol. The Morgan fingerprint density at radius 1 is 1.70 bits per heavy atom. The highest BCUT2D eigenvalue weighted by atomic mass is 16.1. The molecule has 2 fully saturated rings. The summed E-state index contributed by atoms with van der Waals surface area (Å²) in [5, 5.41) is 3.13. The predicted molar refractivity (Wildman–Crippen MR) is 37.6 cm³/mol. The van der Waals surface area contributed by atoms with E-state index in [-0.39, 0.29) is 11.8 Å². The zero-order valence-corrected chi connectivity index (χ0v) is 5.89. The van der Waals surface area contributed by atoms with E-state index < -0.39 is 5.54 Å². The smallest absolute Gasteiger partial charge is 0.167 e. The van der Waals surface area contributed by atoms with Crippen molar-refractivity contribution in [3.05, 3.63) is 0 Å². The maximum atomic E-state index is 11.2. The van der Waals surface area contributed by atoms with Gasteiger partial charge in [-0.3, -0.25) is 4.79 Å². The standard InChI is InChI=1S/C7H12N2O/c8-7-3-1-2-5(7)9-4-6(7)10/h5,9H,1-4,8H2. The number of hydrogen-bond acceptors (Lipinski definition) is 3. The maximum absolute atomic E-state index is 11.2. The fraction of sp³-hybridized carbons (Fsp3) is 0.857. The highest BCUT2D eigenvalue weighted by Gasteiger charge is 2.49. The van der Waals surface area contributed by atoms with Crippen molar-refractivity contribution in [1.29, 1.82) is 0 Å². The van der Waals surface area contributed by atoms with Crippen molar-refractivity contribution in [1.82, 2.24) is 5.32 Å². The lowest BCUT2D eigenvalue weighted by Gasteiger charge is -2.20. The summed E-state index contributed by atoms with van der Waals surface area (Å²) in [6.45, 7) is 0.487. The first kappa shape index (κ1) is 6.31. The van der Waals surface area contributed by atoms with E-state index in [1.807, 2.05) is 0 Å². The highest BCUT2D eigenvalue weighted by molar-refractivity contribution is 5.93. The van der Waals surface area contributed by atoms with E-state index in [9.17, 15) is 4.79 Å². The first-order chi connectivity index (χ1) is 4.73. The molecule has 56 valence electrons. The first-order valence-corrected chi connectivity index (χ1v) is 3.79. The molecule has 3 heteroatoms. The summed E-state index contributed by atoms with van der Waals surface area (Å²) in [4.78, 5) is 11.2. The molecule has 0 aromatic heterocycles. The van der Waals surface area contributed by atoms with Crippen LogP contribution in [-0.2, 0) is 4.79 Å². The van der Waals surface area contributed by atoms with Crippen LogP contribution in [0.5, 0.6) is 0 Å². The number of carbonyl (C=O) groups excluding carboxylic acids is 1. The minimum atomic E-state index is -0.486. The van der Waals surface area contributed by atoms with Gasteiger partial charge in [0.05, 0.1) is 12.1 Å². The van der Waals surface area contributed by atoms with Crippen LogP contribution in [0.3, 0.4) is 0 Å². The van der Waals surface area contributed by atoms with Crippen LogP contribution >= 0.6 is 0 Å². The summed E-state index contributed by atoms with van der Waals surface area (Å²) in [6.07, 6.45) is 3.05. The highest BCUT2D eigenvalue weighted by Crippen LogP contribution is 2.31. The molecule has 2 aliphatic rings. The van der Waals surface area contributed by atoms with E-state index in [2.05, 4.69) is 5.32 Å². The number of fused-ring (bicyclic) bond motifs is 1. The van der Waals surface area contributed by atoms with Crippen LogP contribution in [0.1, 0.15) is 19.3 Å². The Hall–Kier alpha value is -0.410. The molecule has 1 heterocycles. The van der Waals surface area contributed by atoms with E-state index in [1.165, 1.54) is 0 Å². The van der Waals surface area contributed by atoms with Gasteiger partial charge in [-0.1, -0.05) is 0 Å². The SMILES string of the molecule is NC12CCCC1NCC2=O. The monoisotopic (exact) mass is 140 g/mol. The molecule has 0 spiro atoms. The van der Waals surface area contributed by atoms with Crippen LogP contribution in [-0.4, -0.2) is 23.9 Å². The second kappa shape index (κ2) is 1.80. The lowest BCUT2D eigenvalue weighted by atomic mass is 9.94. The third-order valence-corrected chi connectivity index (χ3v) is 2.73. The Bertz CT molecular complexity index is 180. The topological polar surface area (TPSA) is 55.1 Å². The average Bonchev–Trinajstić information content (AvgIpc) is 2.36. The van der Waals surface area contributed by atoms with Crippen molar-refractivity contribution in [2.45, 2.75) is 30.8 Å². The molecule has 0 aromatic carbocycles. The van der Waals surface area contributed by atoms with Crippen LogP contribution in [0.4, 0.5) is 0 Å². The summed E-state index contributed by atoms with van der Waals surface area (Å²) in [5.41, 5.74) is 5.41.